The molecule has 0 unspecified atom stereocenters. The zero-order valence-corrected chi connectivity index (χ0v) is 15.3. The summed E-state index contributed by atoms with van der Waals surface area (Å²) in [4.78, 5) is 0. The summed E-state index contributed by atoms with van der Waals surface area (Å²) in [7, 11) is 0. The summed E-state index contributed by atoms with van der Waals surface area (Å²) in [6.07, 6.45) is -4.46. The second-order valence-corrected chi connectivity index (χ2v) is 7.65. The Morgan fingerprint density at radius 2 is 1.89 bits per heavy atom. The summed E-state index contributed by atoms with van der Waals surface area (Å²) in [5.41, 5.74) is 0.202. The van der Waals surface area contributed by atoms with E-state index in [1.54, 1.807) is 34.5 Å². The summed E-state index contributed by atoms with van der Waals surface area (Å²) in [5.74, 6) is 1.67. The van der Waals surface area contributed by atoms with Crippen molar-refractivity contribution in [1.29, 1.82) is 0 Å². The Bertz CT molecular complexity index is 1040. The van der Waals surface area contributed by atoms with E-state index in [0.29, 0.717) is 10.4 Å². The molecule has 4 nitrogen and oxygen atoms in total. The summed E-state index contributed by atoms with van der Waals surface area (Å²) >= 11 is 7.84. The predicted octanol–water partition coefficient (Wildman–Crippen LogP) is 6.72. The molecule has 0 atom stereocenters. The number of halogens is 4. The van der Waals surface area contributed by atoms with Crippen LogP contribution in [0.5, 0.6) is 5.88 Å². The monoisotopic (exact) mass is 411 g/mol. The lowest BCUT2D eigenvalue weighted by atomic mass is 10.2. The van der Waals surface area contributed by atoms with Gasteiger partial charge in [-0.15, -0.1) is 5.11 Å². The van der Waals surface area contributed by atoms with Crippen LogP contribution in [0.2, 0.25) is 5.02 Å². The maximum atomic E-state index is 12.9. The molecule has 0 saturated carbocycles. The van der Waals surface area contributed by atoms with Crippen LogP contribution in [0.3, 0.4) is 0 Å². The van der Waals surface area contributed by atoms with Crippen molar-refractivity contribution in [2.75, 3.05) is 11.5 Å². The predicted molar refractivity (Wildman–Crippen MR) is 101 cm³/mol. The minimum atomic E-state index is -4.46. The van der Waals surface area contributed by atoms with Crippen LogP contribution in [-0.4, -0.2) is 21.2 Å². The first-order chi connectivity index (χ1) is 12.8. The minimum absolute atomic E-state index is 0.0475. The third-order valence-electron chi connectivity index (χ3n) is 4.34. The van der Waals surface area contributed by atoms with Gasteiger partial charge in [0, 0.05) is 21.9 Å². The number of aromatic nitrogens is 1. The largest absolute Gasteiger partial charge is 0.493 e. The Kier molecular flexibility index (Phi) is 4.55. The van der Waals surface area contributed by atoms with Gasteiger partial charge in [-0.3, -0.25) is 0 Å². The molecule has 2 aromatic carbocycles. The van der Waals surface area contributed by atoms with Crippen molar-refractivity contribution < 1.29 is 18.3 Å². The van der Waals surface area contributed by atoms with Gasteiger partial charge in [-0.25, -0.2) is 0 Å². The third kappa shape index (κ3) is 3.39. The number of hydrogen-bond acceptors (Lipinski definition) is 4. The van der Waals surface area contributed by atoms with Crippen LogP contribution in [0.15, 0.2) is 52.7 Å². The average molecular weight is 412 g/mol. The van der Waals surface area contributed by atoms with Crippen molar-refractivity contribution in [3.8, 4) is 5.88 Å². The molecule has 0 spiro atoms. The van der Waals surface area contributed by atoms with Gasteiger partial charge in [0.1, 0.15) is 0 Å². The molecule has 2 heterocycles. The fraction of sp³-hybridized carbons (Fsp3) is 0.222. The highest BCUT2D eigenvalue weighted by Crippen LogP contribution is 2.45. The molecule has 1 saturated heterocycles. The normalized spacial score (nSPS) is 15.6. The minimum Gasteiger partial charge on any atom is -0.493 e. The van der Waals surface area contributed by atoms with Crippen molar-refractivity contribution in [3.05, 3.63) is 53.1 Å². The zero-order chi connectivity index (χ0) is 19.2. The summed E-state index contributed by atoms with van der Waals surface area (Å²) in [6.45, 7) is 0. The lowest BCUT2D eigenvalue weighted by Crippen LogP contribution is -2.22. The highest BCUT2D eigenvalue weighted by molar-refractivity contribution is 8.00. The van der Waals surface area contributed by atoms with Gasteiger partial charge < -0.3 is 9.67 Å². The number of aromatic hydroxyl groups is 1. The molecule has 1 aliphatic heterocycles. The molecule has 0 aliphatic carbocycles. The molecule has 9 heteroatoms. The van der Waals surface area contributed by atoms with Gasteiger partial charge in [0.25, 0.3) is 0 Å². The van der Waals surface area contributed by atoms with Crippen LogP contribution in [0.4, 0.5) is 24.5 Å². The van der Waals surface area contributed by atoms with Gasteiger partial charge in [-0.05, 0) is 36.4 Å². The van der Waals surface area contributed by atoms with E-state index in [9.17, 15) is 18.3 Å². The van der Waals surface area contributed by atoms with E-state index in [0.717, 1.165) is 29.2 Å². The van der Waals surface area contributed by atoms with Crippen molar-refractivity contribution in [2.24, 2.45) is 10.2 Å². The third-order valence-corrected chi connectivity index (χ3v) is 5.81. The van der Waals surface area contributed by atoms with Crippen LogP contribution < -0.4 is 0 Å². The Balaban J connectivity index is 1.79. The highest BCUT2D eigenvalue weighted by Gasteiger charge is 2.30. The number of fused-ring (bicyclic) bond motifs is 1. The highest BCUT2D eigenvalue weighted by atomic mass is 35.5. The number of azo groups is 1. The van der Waals surface area contributed by atoms with Gasteiger partial charge in [-0.2, -0.15) is 30.0 Å². The van der Waals surface area contributed by atoms with Crippen molar-refractivity contribution >= 4 is 45.6 Å². The molecule has 1 fully saturated rings. The topological polar surface area (TPSA) is 49.9 Å². The van der Waals surface area contributed by atoms with Crippen LogP contribution in [-0.2, 0) is 6.18 Å². The van der Waals surface area contributed by atoms with E-state index in [-0.39, 0.29) is 23.3 Å². The van der Waals surface area contributed by atoms with E-state index in [4.69, 9.17) is 11.6 Å². The molecule has 0 radical (unpaired) electrons. The number of hydrogen-bond donors (Lipinski definition) is 1. The summed E-state index contributed by atoms with van der Waals surface area (Å²) in [5, 5.41) is 19.7. The molecule has 4 rings (SSSR count). The number of benzene rings is 2. The van der Waals surface area contributed by atoms with E-state index in [1.807, 2.05) is 0 Å². The smallest absolute Gasteiger partial charge is 0.416 e. The summed E-state index contributed by atoms with van der Waals surface area (Å²) in [6, 6.07) is 9.89. The first kappa shape index (κ1) is 18.2. The fourth-order valence-electron chi connectivity index (χ4n) is 2.95. The quantitative estimate of drug-likeness (QED) is 0.486. The molecule has 1 aliphatic rings. The zero-order valence-electron chi connectivity index (χ0n) is 13.7. The van der Waals surface area contributed by atoms with Crippen LogP contribution in [0.1, 0.15) is 11.6 Å². The molecular formula is C18H13ClF3N3OS. The number of nitrogens with zero attached hydrogens (tertiary/aromatic N) is 3. The standard InChI is InChI=1S/C18H13ClF3N3OS/c19-11-4-5-15-14(7-11)16(17(26)25(15)13-8-27-9-13)24-23-12-3-1-2-10(6-12)18(20,21)22/h1-7,13,26H,8-9H2. The van der Waals surface area contributed by atoms with Crippen molar-refractivity contribution in [1.82, 2.24) is 4.57 Å². The second-order valence-electron chi connectivity index (χ2n) is 6.14. The van der Waals surface area contributed by atoms with E-state index in [1.165, 1.54) is 12.1 Å². The fourth-order valence-corrected chi connectivity index (χ4v) is 3.87. The molecule has 140 valence electrons. The maximum absolute atomic E-state index is 12.9. The van der Waals surface area contributed by atoms with E-state index < -0.39 is 11.7 Å². The van der Waals surface area contributed by atoms with Gasteiger partial charge in [0.2, 0.25) is 5.88 Å². The maximum Gasteiger partial charge on any atom is 0.416 e. The van der Waals surface area contributed by atoms with E-state index >= 15 is 0 Å². The first-order valence-corrected chi connectivity index (χ1v) is 9.57. The number of thioether (sulfide) groups is 1. The Morgan fingerprint density at radius 1 is 1.11 bits per heavy atom. The van der Waals surface area contributed by atoms with Gasteiger partial charge >= 0.3 is 6.18 Å². The average Bonchev–Trinajstić information content (AvgIpc) is 2.83. The number of alkyl halides is 3. The lowest BCUT2D eigenvalue weighted by molar-refractivity contribution is -0.137. The molecule has 0 bridgehead atoms. The van der Waals surface area contributed by atoms with Crippen LogP contribution >= 0.6 is 23.4 Å². The summed E-state index contributed by atoms with van der Waals surface area (Å²) < 4.78 is 40.3. The molecular weight excluding hydrogens is 399 g/mol. The van der Waals surface area contributed by atoms with Crippen LogP contribution in [0.25, 0.3) is 10.9 Å². The van der Waals surface area contributed by atoms with Gasteiger partial charge in [-0.1, -0.05) is 17.7 Å². The second kappa shape index (κ2) is 6.76. The van der Waals surface area contributed by atoms with Gasteiger partial charge in [0.15, 0.2) is 5.69 Å². The molecule has 0 amide bonds. The Labute approximate surface area is 161 Å². The first-order valence-electron chi connectivity index (χ1n) is 8.04. The van der Waals surface area contributed by atoms with Gasteiger partial charge in [0.05, 0.1) is 22.8 Å². The molecule has 27 heavy (non-hydrogen) atoms. The Hall–Kier alpha value is -2.19. The molecule has 1 N–H and O–H groups in total. The SMILES string of the molecule is Oc1c(N=Nc2cccc(C(F)(F)F)c2)c2cc(Cl)ccc2n1C1CSC1. The van der Waals surface area contributed by atoms with Crippen LogP contribution in [0, 0.1) is 0 Å². The van der Waals surface area contributed by atoms with E-state index in [2.05, 4.69) is 10.2 Å². The van der Waals surface area contributed by atoms with Crippen molar-refractivity contribution in [2.45, 2.75) is 12.2 Å². The Morgan fingerprint density at radius 3 is 2.56 bits per heavy atom. The number of rotatable bonds is 3. The van der Waals surface area contributed by atoms with Crippen molar-refractivity contribution in [3.63, 3.8) is 0 Å². The lowest BCUT2D eigenvalue weighted by Gasteiger charge is -2.27. The molecule has 3 aromatic rings. The molecule has 1 aromatic heterocycles.